The van der Waals surface area contributed by atoms with Gasteiger partial charge in [0.05, 0.1) is 0 Å². The van der Waals surface area contributed by atoms with Crippen molar-refractivity contribution in [2.45, 2.75) is 38.7 Å². The summed E-state index contributed by atoms with van der Waals surface area (Å²) in [5.41, 5.74) is 0.897. The van der Waals surface area contributed by atoms with Crippen LogP contribution in [0.5, 0.6) is 0 Å². The fraction of sp³-hybridized carbons (Fsp3) is 0.333. The van der Waals surface area contributed by atoms with Gasteiger partial charge in [-0.05, 0) is 29.5 Å². The summed E-state index contributed by atoms with van der Waals surface area (Å²) in [5.74, 6) is -0.391. The van der Waals surface area contributed by atoms with Gasteiger partial charge >= 0.3 is 0 Å². The Bertz CT molecular complexity index is 592. The fourth-order valence-electron chi connectivity index (χ4n) is 2.31. The van der Waals surface area contributed by atoms with Crippen molar-refractivity contribution in [3.63, 3.8) is 0 Å². The molecule has 0 aromatic heterocycles. The summed E-state index contributed by atoms with van der Waals surface area (Å²) < 4.78 is 13.9. The van der Waals surface area contributed by atoms with Crippen LogP contribution in [-0.2, 0) is 11.0 Å². The van der Waals surface area contributed by atoms with Crippen LogP contribution in [0.3, 0.4) is 0 Å². The van der Waals surface area contributed by atoms with E-state index in [1.54, 1.807) is 25.1 Å². The largest absolute Gasteiger partial charge is 0.381 e. The summed E-state index contributed by atoms with van der Waals surface area (Å²) in [6.45, 7) is 8.03. The van der Waals surface area contributed by atoms with E-state index in [0.717, 1.165) is 0 Å². The number of hydrogen-bond acceptors (Lipinski definition) is 1. The van der Waals surface area contributed by atoms with Crippen LogP contribution in [-0.4, -0.2) is 5.11 Å². The molecule has 0 amide bonds. The highest BCUT2D eigenvalue weighted by atomic mass is 19.1. The van der Waals surface area contributed by atoms with Crippen LogP contribution < -0.4 is 0 Å². The lowest BCUT2D eigenvalue weighted by atomic mass is 9.83. The highest BCUT2D eigenvalue weighted by Gasteiger charge is 2.28. The van der Waals surface area contributed by atoms with Gasteiger partial charge in [-0.2, -0.15) is 0 Å². The lowest BCUT2D eigenvalue weighted by molar-refractivity contribution is 0.0979. The quantitative estimate of drug-likeness (QED) is 0.860. The normalized spacial score (nSPS) is 14.9. The molecule has 1 unspecified atom stereocenters. The molecule has 1 nitrogen and oxygen atoms in total. The van der Waals surface area contributed by atoms with Gasteiger partial charge in [0.2, 0.25) is 0 Å². The zero-order valence-corrected chi connectivity index (χ0v) is 12.4. The van der Waals surface area contributed by atoms with Crippen LogP contribution in [0.25, 0.3) is 0 Å². The number of benzene rings is 2. The molecule has 2 rings (SSSR count). The zero-order valence-electron chi connectivity index (χ0n) is 12.4. The van der Waals surface area contributed by atoms with E-state index < -0.39 is 11.4 Å². The van der Waals surface area contributed by atoms with Crippen molar-refractivity contribution in [1.29, 1.82) is 0 Å². The van der Waals surface area contributed by atoms with Crippen molar-refractivity contribution in [2.75, 3.05) is 0 Å². The van der Waals surface area contributed by atoms with E-state index in [0.29, 0.717) is 11.1 Å². The number of rotatable bonds is 2. The van der Waals surface area contributed by atoms with E-state index in [1.165, 1.54) is 11.6 Å². The first-order valence-electron chi connectivity index (χ1n) is 6.81. The maximum Gasteiger partial charge on any atom is 0.129 e. The molecular formula is C18H21FO. The van der Waals surface area contributed by atoms with E-state index >= 15 is 0 Å². The van der Waals surface area contributed by atoms with Gasteiger partial charge in [0.1, 0.15) is 11.4 Å². The summed E-state index contributed by atoms with van der Waals surface area (Å²) in [6, 6.07) is 14.1. The third kappa shape index (κ3) is 2.75. The van der Waals surface area contributed by atoms with Gasteiger partial charge in [0.15, 0.2) is 0 Å². The fourth-order valence-corrected chi connectivity index (χ4v) is 2.31. The summed E-state index contributed by atoms with van der Waals surface area (Å²) in [5, 5.41) is 10.7. The monoisotopic (exact) mass is 272 g/mol. The molecule has 2 heteroatoms. The minimum Gasteiger partial charge on any atom is -0.381 e. The molecule has 0 aliphatic carbocycles. The van der Waals surface area contributed by atoms with E-state index in [9.17, 15) is 9.50 Å². The lowest BCUT2D eigenvalue weighted by Crippen LogP contribution is -2.24. The smallest absolute Gasteiger partial charge is 0.129 e. The summed E-state index contributed by atoms with van der Waals surface area (Å²) in [4.78, 5) is 0. The second kappa shape index (κ2) is 5.02. The van der Waals surface area contributed by atoms with Gasteiger partial charge in [-0.1, -0.05) is 63.2 Å². The molecular weight excluding hydrogens is 251 g/mol. The van der Waals surface area contributed by atoms with E-state index in [2.05, 4.69) is 20.8 Å². The Labute approximate surface area is 120 Å². The van der Waals surface area contributed by atoms with Crippen LogP contribution in [0.15, 0.2) is 48.5 Å². The summed E-state index contributed by atoms with van der Waals surface area (Å²) in [7, 11) is 0. The SMILES string of the molecule is CC(C)(C)c1ccc(C(C)(O)c2ccccc2F)cc1. The second-order valence-corrected chi connectivity index (χ2v) is 6.38. The van der Waals surface area contributed by atoms with E-state index in [1.807, 2.05) is 24.3 Å². The predicted octanol–water partition coefficient (Wildman–Crippen LogP) is 4.38. The lowest BCUT2D eigenvalue weighted by Gasteiger charge is -2.26. The number of aliphatic hydroxyl groups is 1. The van der Waals surface area contributed by atoms with Crippen molar-refractivity contribution in [3.8, 4) is 0 Å². The van der Waals surface area contributed by atoms with E-state index in [-0.39, 0.29) is 5.41 Å². The molecule has 0 aliphatic rings. The van der Waals surface area contributed by atoms with Crippen LogP contribution in [0.4, 0.5) is 4.39 Å². The molecule has 20 heavy (non-hydrogen) atoms. The van der Waals surface area contributed by atoms with Gasteiger partial charge in [0.25, 0.3) is 0 Å². The van der Waals surface area contributed by atoms with Gasteiger partial charge in [-0.25, -0.2) is 4.39 Å². The molecule has 2 aromatic rings. The first kappa shape index (κ1) is 14.7. The standard InChI is InChI=1S/C18H21FO/c1-17(2,3)13-9-11-14(12-10-13)18(4,20)15-7-5-6-8-16(15)19/h5-12,20H,1-4H3. The van der Waals surface area contributed by atoms with Crippen molar-refractivity contribution in [1.82, 2.24) is 0 Å². The van der Waals surface area contributed by atoms with Gasteiger partial charge < -0.3 is 5.11 Å². The van der Waals surface area contributed by atoms with Crippen molar-refractivity contribution >= 4 is 0 Å². The van der Waals surface area contributed by atoms with Gasteiger partial charge in [-0.15, -0.1) is 0 Å². The predicted molar refractivity (Wildman–Crippen MR) is 80.2 cm³/mol. The molecule has 0 saturated carbocycles. The second-order valence-electron chi connectivity index (χ2n) is 6.38. The molecule has 0 bridgehead atoms. The third-order valence-corrected chi connectivity index (χ3v) is 3.71. The van der Waals surface area contributed by atoms with E-state index in [4.69, 9.17) is 0 Å². The van der Waals surface area contributed by atoms with Crippen LogP contribution in [0.1, 0.15) is 44.4 Å². The van der Waals surface area contributed by atoms with Crippen LogP contribution >= 0.6 is 0 Å². The van der Waals surface area contributed by atoms with Crippen molar-refractivity contribution < 1.29 is 9.50 Å². The highest BCUT2D eigenvalue weighted by Crippen LogP contribution is 2.32. The first-order chi connectivity index (χ1) is 9.23. The first-order valence-corrected chi connectivity index (χ1v) is 6.81. The molecule has 0 aliphatic heterocycles. The minimum absolute atomic E-state index is 0.0579. The molecule has 0 saturated heterocycles. The summed E-state index contributed by atoms with van der Waals surface area (Å²) >= 11 is 0. The Morgan fingerprint density at radius 3 is 1.80 bits per heavy atom. The molecule has 106 valence electrons. The van der Waals surface area contributed by atoms with Crippen molar-refractivity contribution in [3.05, 3.63) is 71.0 Å². The topological polar surface area (TPSA) is 20.2 Å². The Morgan fingerprint density at radius 2 is 1.30 bits per heavy atom. The zero-order chi connectivity index (χ0) is 15.0. The number of hydrogen-bond donors (Lipinski definition) is 1. The Hall–Kier alpha value is -1.67. The molecule has 2 aromatic carbocycles. The Balaban J connectivity index is 2.43. The van der Waals surface area contributed by atoms with Gasteiger partial charge in [-0.3, -0.25) is 0 Å². The average Bonchev–Trinajstić information content (AvgIpc) is 2.38. The molecule has 0 fully saturated rings. The van der Waals surface area contributed by atoms with Crippen molar-refractivity contribution in [2.24, 2.45) is 0 Å². The molecule has 0 heterocycles. The van der Waals surface area contributed by atoms with Crippen LogP contribution in [0.2, 0.25) is 0 Å². The third-order valence-electron chi connectivity index (χ3n) is 3.71. The maximum absolute atomic E-state index is 13.9. The Morgan fingerprint density at radius 1 is 0.800 bits per heavy atom. The van der Waals surface area contributed by atoms with Crippen LogP contribution in [0, 0.1) is 5.82 Å². The minimum atomic E-state index is -1.33. The highest BCUT2D eigenvalue weighted by molar-refractivity contribution is 5.38. The molecule has 1 atom stereocenters. The maximum atomic E-state index is 13.9. The summed E-state index contributed by atoms with van der Waals surface area (Å²) in [6.07, 6.45) is 0. The van der Waals surface area contributed by atoms with Gasteiger partial charge in [0, 0.05) is 5.56 Å². The molecule has 0 radical (unpaired) electrons. The molecule has 0 spiro atoms. The average molecular weight is 272 g/mol. The number of halogens is 1. The Kier molecular flexibility index (Phi) is 3.70. The molecule has 1 N–H and O–H groups in total.